The van der Waals surface area contributed by atoms with Crippen molar-refractivity contribution in [3.8, 4) is 5.75 Å². The van der Waals surface area contributed by atoms with Crippen molar-refractivity contribution in [2.24, 2.45) is 5.92 Å². The van der Waals surface area contributed by atoms with Gasteiger partial charge in [0.2, 0.25) is 11.8 Å². The monoisotopic (exact) mass is 393 g/mol. The second kappa shape index (κ2) is 8.55. The molecule has 2 amide bonds. The number of methoxy groups -OCH3 is 1. The van der Waals surface area contributed by atoms with E-state index in [2.05, 4.69) is 34.5 Å². The van der Waals surface area contributed by atoms with Crippen LogP contribution in [0.2, 0.25) is 0 Å². The Morgan fingerprint density at radius 3 is 2.34 bits per heavy atom. The van der Waals surface area contributed by atoms with Crippen molar-refractivity contribution in [3.05, 3.63) is 54.1 Å². The molecule has 2 aromatic carbocycles. The molecule has 29 heavy (non-hydrogen) atoms. The van der Waals surface area contributed by atoms with Gasteiger partial charge in [0.15, 0.2) is 0 Å². The summed E-state index contributed by atoms with van der Waals surface area (Å²) in [5.74, 6) is 0.321. The maximum atomic E-state index is 12.6. The molecule has 2 aliphatic heterocycles. The first kappa shape index (κ1) is 19.3. The lowest BCUT2D eigenvalue weighted by molar-refractivity contribution is -0.126. The summed E-state index contributed by atoms with van der Waals surface area (Å²) in [7, 11) is 1.61. The third-order valence-electron chi connectivity index (χ3n) is 5.75. The molecular formula is C23H27N3O3. The Morgan fingerprint density at radius 1 is 1.03 bits per heavy atom. The quantitative estimate of drug-likeness (QED) is 0.820. The van der Waals surface area contributed by atoms with Gasteiger partial charge in [-0.3, -0.25) is 9.59 Å². The molecule has 2 aromatic rings. The highest BCUT2D eigenvalue weighted by Crippen LogP contribution is 2.27. The van der Waals surface area contributed by atoms with E-state index in [1.807, 2.05) is 24.3 Å². The van der Waals surface area contributed by atoms with E-state index >= 15 is 0 Å². The number of ether oxygens (including phenoxy) is 1. The molecule has 2 aliphatic rings. The van der Waals surface area contributed by atoms with Crippen LogP contribution in [0.25, 0.3) is 0 Å². The highest BCUT2D eigenvalue weighted by molar-refractivity contribution is 6.00. The summed E-state index contributed by atoms with van der Waals surface area (Å²) in [6, 6.07) is 15.7. The molecule has 0 saturated carbocycles. The first-order valence-electron chi connectivity index (χ1n) is 10.2. The highest BCUT2D eigenvalue weighted by atomic mass is 16.5. The van der Waals surface area contributed by atoms with Gasteiger partial charge in [-0.25, -0.2) is 0 Å². The lowest BCUT2D eigenvalue weighted by atomic mass is 10.1. The van der Waals surface area contributed by atoms with Crippen molar-refractivity contribution in [1.82, 2.24) is 5.32 Å². The van der Waals surface area contributed by atoms with Gasteiger partial charge in [0.1, 0.15) is 5.75 Å². The Balaban J connectivity index is 1.31. The number of hydrogen-bond donors (Lipinski definition) is 1. The van der Waals surface area contributed by atoms with Crippen molar-refractivity contribution in [1.29, 1.82) is 0 Å². The van der Waals surface area contributed by atoms with E-state index in [1.165, 1.54) is 18.5 Å². The van der Waals surface area contributed by atoms with Crippen LogP contribution in [0.3, 0.4) is 0 Å². The normalized spacial score (nSPS) is 18.9. The average Bonchev–Trinajstić information content (AvgIpc) is 3.43. The molecule has 6 nitrogen and oxygen atoms in total. The van der Waals surface area contributed by atoms with Crippen molar-refractivity contribution >= 4 is 23.2 Å². The van der Waals surface area contributed by atoms with Gasteiger partial charge in [0.25, 0.3) is 0 Å². The molecule has 0 unspecified atom stereocenters. The summed E-state index contributed by atoms with van der Waals surface area (Å²) in [5, 5.41) is 2.99. The topological polar surface area (TPSA) is 61.9 Å². The van der Waals surface area contributed by atoms with Crippen LogP contribution in [-0.2, 0) is 16.1 Å². The number of hydrogen-bond acceptors (Lipinski definition) is 4. The zero-order chi connectivity index (χ0) is 20.2. The van der Waals surface area contributed by atoms with Crippen molar-refractivity contribution < 1.29 is 14.3 Å². The van der Waals surface area contributed by atoms with Gasteiger partial charge in [-0.1, -0.05) is 12.1 Å². The van der Waals surface area contributed by atoms with Crippen LogP contribution in [0.15, 0.2) is 48.5 Å². The number of rotatable bonds is 6. The van der Waals surface area contributed by atoms with Gasteiger partial charge < -0.3 is 19.9 Å². The number of carbonyl (C=O) groups excluding carboxylic acids is 2. The number of amides is 2. The van der Waals surface area contributed by atoms with Gasteiger partial charge >= 0.3 is 0 Å². The van der Waals surface area contributed by atoms with E-state index in [0.29, 0.717) is 13.1 Å². The minimum Gasteiger partial charge on any atom is -0.497 e. The maximum absolute atomic E-state index is 12.6. The zero-order valence-electron chi connectivity index (χ0n) is 16.8. The van der Waals surface area contributed by atoms with Crippen LogP contribution in [0.1, 0.15) is 24.8 Å². The molecule has 0 spiro atoms. The van der Waals surface area contributed by atoms with Crippen LogP contribution in [-0.4, -0.2) is 38.6 Å². The van der Waals surface area contributed by atoms with Crippen LogP contribution in [0.4, 0.5) is 11.4 Å². The number of nitrogens with zero attached hydrogens (tertiary/aromatic N) is 2. The lowest BCUT2D eigenvalue weighted by Crippen LogP contribution is -2.32. The van der Waals surface area contributed by atoms with Crippen molar-refractivity contribution in [2.45, 2.75) is 25.8 Å². The molecule has 0 bridgehead atoms. The van der Waals surface area contributed by atoms with Crippen LogP contribution < -0.4 is 19.9 Å². The zero-order valence-corrected chi connectivity index (χ0v) is 16.8. The summed E-state index contributed by atoms with van der Waals surface area (Å²) in [4.78, 5) is 29.1. The van der Waals surface area contributed by atoms with Crippen LogP contribution in [0, 0.1) is 5.92 Å². The van der Waals surface area contributed by atoms with Crippen molar-refractivity contribution in [3.63, 3.8) is 0 Å². The SMILES string of the molecule is COc1ccc(N2C[C@H](C(=O)NCc3ccc(N4CCCC4)cc3)CC2=O)cc1. The molecule has 1 atom stereocenters. The van der Waals surface area contributed by atoms with Gasteiger partial charge in [-0.2, -0.15) is 0 Å². The summed E-state index contributed by atoms with van der Waals surface area (Å²) in [6.45, 7) is 3.13. The first-order valence-corrected chi connectivity index (χ1v) is 10.2. The number of anilines is 2. The van der Waals surface area contributed by atoms with E-state index < -0.39 is 0 Å². The third kappa shape index (κ3) is 4.36. The van der Waals surface area contributed by atoms with Gasteiger partial charge in [-0.15, -0.1) is 0 Å². The number of carbonyl (C=O) groups is 2. The smallest absolute Gasteiger partial charge is 0.227 e. The minimum absolute atomic E-state index is 0.0229. The fraction of sp³-hybridized carbons (Fsp3) is 0.391. The van der Waals surface area contributed by atoms with Gasteiger partial charge in [0.05, 0.1) is 13.0 Å². The first-order chi connectivity index (χ1) is 14.1. The lowest BCUT2D eigenvalue weighted by Gasteiger charge is -2.18. The Morgan fingerprint density at radius 2 is 1.69 bits per heavy atom. The highest BCUT2D eigenvalue weighted by Gasteiger charge is 2.35. The van der Waals surface area contributed by atoms with Gasteiger partial charge in [-0.05, 0) is 54.8 Å². The Bertz CT molecular complexity index is 858. The molecule has 1 N–H and O–H groups in total. The number of benzene rings is 2. The Labute approximate surface area is 171 Å². The molecule has 0 radical (unpaired) electrons. The molecule has 0 aliphatic carbocycles. The second-order valence-electron chi connectivity index (χ2n) is 7.68. The molecule has 2 fully saturated rings. The van der Waals surface area contributed by atoms with E-state index in [1.54, 1.807) is 12.0 Å². The molecule has 0 aromatic heterocycles. The van der Waals surface area contributed by atoms with Crippen LogP contribution >= 0.6 is 0 Å². The summed E-state index contributed by atoms with van der Waals surface area (Å²) in [6.07, 6.45) is 2.75. The third-order valence-corrected chi connectivity index (χ3v) is 5.75. The maximum Gasteiger partial charge on any atom is 0.227 e. The predicted molar refractivity (Wildman–Crippen MR) is 113 cm³/mol. The van der Waals surface area contributed by atoms with Gasteiger partial charge in [0, 0.05) is 44.0 Å². The van der Waals surface area contributed by atoms with Crippen molar-refractivity contribution in [2.75, 3.05) is 36.5 Å². The fourth-order valence-electron chi connectivity index (χ4n) is 4.03. The molecule has 152 valence electrons. The Hall–Kier alpha value is -3.02. The second-order valence-corrected chi connectivity index (χ2v) is 7.68. The molecule has 6 heteroatoms. The average molecular weight is 393 g/mol. The largest absolute Gasteiger partial charge is 0.497 e. The molecule has 2 saturated heterocycles. The standard InChI is InChI=1S/C23H27N3O3/c1-29-21-10-8-20(9-11-21)26-16-18(14-22(26)27)23(28)24-15-17-4-6-19(7-5-17)25-12-2-3-13-25/h4-11,18H,2-3,12-16H2,1H3,(H,24,28)/t18-/m1/s1. The van der Waals surface area contributed by atoms with E-state index in [4.69, 9.17) is 4.74 Å². The van der Waals surface area contributed by atoms with E-state index in [0.717, 1.165) is 30.1 Å². The summed E-state index contributed by atoms with van der Waals surface area (Å²) >= 11 is 0. The number of nitrogens with one attached hydrogen (secondary N) is 1. The van der Waals surface area contributed by atoms with E-state index in [9.17, 15) is 9.59 Å². The predicted octanol–water partition coefficient (Wildman–Crippen LogP) is 2.96. The van der Waals surface area contributed by atoms with Crippen LogP contribution in [0.5, 0.6) is 5.75 Å². The summed E-state index contributed by atoms with van der Waals surface area (Å²) < 4.78 is 5.16. The molecule has 4 rings (SSSR count). The minimum atomic E-state index is -0.325. The van der Waals surface area contributed by atoms with E-state index in [-0.39, 0.29) is 24.2 Å². The summed E-state index contributed by atoms with van der Waals surface area (Å²) in [5.41, 5.74) is 3.11. The fourth-order valence-corrected chi connectivity index (χ4v) is 4.03. The Kier molecular flexibility index (Phi) is 5.69. The molecular weight excluding hydrogens is 366 g/mol. The molecule has 2 heterocycles.